The molecule has 6 nitrogen and oxygen atoms in total. The molecular formula is C17H13F2NO5S. The van der Waals surface area contributed by atoms with E-state index in [-0.39, 0.29) is 0 Å². The molecule has 136 valence electrons. The summed E-state index contributed by atoms with van der Waals surface area (Å²) in [5.41, 5.74) is 5.11. The van der Waals surface area contributed by atoms with Gasteiger partial charge in [0.25, 0.3) is 0 Å². The second-order valence-corrected chi connectivity index (χ2v) is 6.92. The zero-order valence-corrected chi connectivity index (χ0v) is 13.9. The lowest BCUT2D eigenvalue weighted by atomic mass is 10.1. The average Bonchev–Trinajstić information content (AvgIpc) is 2.81. The van der Waals surface area contributed by atoms with Crippen LogP contribution in [0, 0.1) is 11.6 Å². The van der Waals surface area contributed by atoms with Gasteiger partial charge in [-0.3, -0.25) is 4.79 Å². The highest BCUT2D eigenvalue weighted by atomic mass is 32.2. The molecule has 1 aliphatic heterocycles. The van der Waals surface area contributed by atoms with Crippen molar-refractivity contribution in [3.63, 3.8) is 0 Å². The Morgan fingerprint density at radius 3 is 2.58 bits per heavy atom. The predicted molar refractivity (Wildman–Crippen MR) is 86.6 cm³/mol. The van der Waals surface area contributed by atoms with Gasteiger partial charge >= 0.3 is 10.1 Å². The minimum atomic E-state index is -4.32. The number of ether oxygens (including phenoxy) is 1. The molecule has 0 fully saturated rings. The van der Waals surface area contributed by atoms with Crippen molar-refractivity contribution in [2.75, 3.05) is 0 Å². The van der Waals surface area contributed by atoms with E-state index in [2.05, 4.69) is 0 Å². The topological polar surface area (TPSA) is 95.7 Å². The number of ketones is 1. The van der Waals surface area contributed by atoms with E-state index in [1.54, 1.807) is 18.2 Å². The highest BCUT2D eigenvalue weighted by molar-refractivity contribution is 7.86. The lowest BCUT2D eigenvalue weighted by molar-refractivity contribution is -0.123. The van der Waals surface area contributed by atoms with Gasteiger partial charge in [-0.1, -0.05) is 30.3 Å². The number of nitrogens with two attached hydrogens (primary N) is 1. The Morgan fingerprint density at radius 1 is 1.19 bits per heavy atom. The van der Waals surface area contributed by atoms with Gasteiger partial charge in [0.05, 0.1) is 1.37 Å². The van der Waals surface area contributed by atoms with Gasteiger partial charge in [-0.25, -0.2) is 8.78 Å². The van der Waals surface area contributed by atoms with Gasteiger partial charge in [-0.05, 0) is 23.8 Å². The fourth-order valence-electron chi connectivity index (χ4n) is 2.28. The number of hydrogen-bond acceptors (Lipinski definition) is 6. The van der Waals surface area contributed by atoms with Gasteiger partial charge in [0.15, 0.2) is 6.08 Å². The lowest BCUT2D eigenvalue weighted by Gasteiger charge is -2.11. The van der Waals surface area contributed by atoms with Crippen molar-refractivity contribution in [3.8, 4) is 0 Å². The third-order valence-electron chi connectivity index (χ3n) is 3.42. The van der Waals surface area contributed by atoms with E-state index in [1.807, 2.05) is 0 Å². The molecule has 1 heterocycles. The summed E-state index contributed by atoms with van der Waals surface area (Å²) in [7, 11) is -4.32. The molecule has 0 bridgehead atoms. The van der Waals surface area contributed by atoms with Crippen LogP contribution < -0.4 is 5.73 Å². The predicted octanol–water partition coefficient (Wildman–Crippen LogP) is 2.28. The first-order valence-electron chi connectivity index (χ1n) is 7.77. The smallest absolute Gasteiger partial charge is 0.313 e. The van der Waals surface area contributed by atoms with Crippen molar-refractivity contribution in [2.45, 2.75) is 11.8 Å². The molecule has 0 aliphatic carbocycles. The lowest BCUT2D eigenvalue weighted by Crippen LogP contribution is -2.17. The normalized spacial score (nSPS) is 20.7. The molecule has 0 radical (unpaired) electrons. The van der Waals surface area contributed by atoms with Crippen LogP contribution in [0.5, 0.6) is 0 Å². The first kappa shape index (κ1) is 16.5. The summed E-state index contributed by atoms with van der Waals surface area (Å²) in [6.07, 6.45) is -2.80. The number of hydrogen-bond donors (Lipinski definition) is 1. The second-order valence-electron chi connectivity index (χ2n) is 5.35. The SMILES string of the molecule is [2H][C@]1(c2cc(F)ccc2F)OC(N)=C(OS(=O)(=O)Cc2ccccc2)C1=O. The third-order valence-corrected chi connectivity index (χ3v) is 4.53. The molecule has 0 unspecified atom stereocenters. The summed E-state index contributed by atoms with van der Waals surface area (Å²) in [5, 5.41) is 0. The maximum Gasteiger partial charge on any atom is 0.313 e. The summed E-state index contributed by atoms with van der Waals surface area (Å²) in [6, 6.07) is 10.1. The van der Waals surface area contributed by atoms with Crippen molar-refractivity contribution in [2.24, 2.45) is 5.73 Å². The van der Waals surface area contributed by atoms with Crippen molar-refractivity contribution in [1.29, 1.82) is 0 Å². The molecule has 2 aromatic rings. The fraction of sp³-hybridized carbons (Fsp3) is 0.118. The first-order valence-corrected chi connectivity index (χ1v) is 8.85. The van der Waals surface area contributed by atoms with Crippen molar-refractivity contribution >= 4 is 15.9 Å². The van der Waals surface area contributed by atoms with Gasteiger partial charge in [0, 0.05) is 5.56 Å². The number of rotatable bonds is 5. The molecule has 0 saturated heterocycles. The maximum absolute atomic E-state index is 14.0. The Hall–Kier alpha value is -2.94. The molecular weight excluding hydrogens is 368 g/mol. The van der Waals surface area contributed by atoms with Gasteiger partial charge in [0.2, 0.25) is 17.4 Å². The molecule has 1 aliphatic rings. The molecule has 3 rings (SSSR count). The zero-order chi connectivity index (χ0) is 19.8. The van der Waals surface area contributed by atoms with E-state index in [4.69, 9.17) is 16.0 Å². The number of carbonyl (C=O) groups excluding carboxylic acids is 1. The maximum atomic E-state index is 14.0. The van der Waals surface area contributed by atoms with Gasteiger partial charge in [0.1, 0.15) is 17.4 Å². The monoisotopic (exact) mass is 382 g/mol. The number of benzene rings is 2. The third kappa shape index (κ3) is 3.67. The summed E-state index contributed by atoms with van der Waals surface area (Å²) < 4.78 is 69.5. The molecule has 0 amide bonds. The Morgan fingerprint density at radius 2 is 1.88 bits per heavy atom. The van der Waals surface area contributed by atoms with Gasteiger partial charge in [-0.2, -0.15) is 8.42 Å². The summed E-state index contributed by atoms with van der Waals surface area (Å²) in [5.74, 6) is -5.71. The second kappa shape index (κ2) is 6.75. The summed E-state index contributed by atoms with van der Waals surface area (Å²) in [6.45, 7) is 0. The van der Waals surface area contributed by atoms with Gasteiger partial charge in [-0.15, -0.1) is 0 Å². The van der Waals surface area contributed by atoms with Crippen molar-refractivity contribution in [3.05, 3.63) is 82.9 Å². The van der Waals surface area contributed by atoms with Crippen LogP contribution in [0.15, 0.2) is 60.2 Å². The van der Waals surface area contributed by atoms with E-state index in [0.717, 1.165) is 6.07 Å². The fourth-order valence-corrected chi connectivity index (χ4v) is 3.35. The van der Waals surface area contributed by atoms with Crippen molar-refractivity contribution < 1.29 is 32.3 Å². The largest absolute Gasteiger partial charge is 0.460 e. The number of Topliss-reactive ketones (excluding diaryl/α,β-unsaturated/α-hetero) is 1. The Labute approximate surface area is 149 Å². The summed E-state index contributed by atoms with van der Waals surface area (Å²) >= 11 is 0. The Kier molecular flexibility index (Phi) is 4.29. The average molecular weight is 382 g/mol. The standard InChI is InChI=1S/C17H13F2NO5S/c18-11-6-7-13(19)12(8-11)15-14(21)16(17(20)24-15)25-26(22,23)9-10-4-2-1-3-5-10/h1-8,15H,9,20H2/t15-/m1/s1/i15D. The van der Waals surface area contributed by atoms with Crippen LogP contribution in [0.3, 0.4) is 0 Å². The Balaban J connectivity index is 1.88. The van der Waals surface area contributed by atoms with Crippen LogP contribution in [0.1, 0.15) is 18.6 Å². The number of halogens is 2. The number of carbonyl (C=O) groups is 1. The molecule has 9 heteroatoms. The van der Waals surface area contributed by atoms with Crippen LogP contribution in [0.2, 0.25) is 0 Å². The molecule has 0 saturated carbocycles. The van der Waals surface area contributed by atoms with E-state index >= 15 is 0 Å². The van der Waals surface area contributed by atoms with Gasteiger partial charge < -0.3 is 14.7 Å². The molecule has 0 spiro atoms. The molecule has 0 aromatic heterocycles. The van der Waals surface area contributed by atoms with Crippen molar-refractivity contribution in [1.82, 2.24) is 0 Å². The zero-order valence-electron chi connectivity index (χ0n) is 14.1. The minimum Gasteiger partial charge on any atom is -0.460 e. The van der Waals surface area contributed by atoms with E-state index < -0.39 is 56.6 Å². The highest BCUT2D eigenvalue weighted by Gasteiger charge is 2.40. The Bertz CT molecular complexity index is 1040. The van der Waals surface area contributed by atoms with Crippen LogP contribution in [-0.4, -0.2) is 14.2 Å². The van der Waals surface area contributed by atoms with E-state index in [0.29, 0.717) is 17.7 Å². The van der Waals surface area contributed by atoms with E-state index in [9.17, 15) is 22.0 Å². The van der Waals surface area contributed by atoms with Crippen LogP contribution in [-0.2, 0) is 29.6 Å². The molecule has 2 N–H and O–H groups in total. The molecule has 26 heavy (non-hydrogen) atoms. The quantitative estimate of drug-likeness (QED) is 0.797. The minimum absolute atomic E-state index is 0.386. The van der Waals surface area contributed by atoms with Crippen LogP contribution >= 0.6 is 0 Å². The molecule has 2 aromatic carbocycles. The first-order chi connectivity index (χ1) is 12.6. The highest BCUT2D eigenvalue weighted by Crippen LogP contribution is 2.34. The van der Waals surface area contributed by atoms with Crippen LogP contribution in [0.4, 0.5) is 8.78 Å². The van der Waals surface area contributed by atoms with Crippen LogP contribution in [0.25, 0.3) is 0 Å². The summed E-state index contributed by atoms with van der Waals surface area (Å²) in [4.78, 5) is 12.5. The van der Waals surface area contributed by atoms with E-state index in [1.165, 1.54) is 12.1 Å². The molecule has 1 atom stereocenters.